The van der Waals surface area contributed by atoms with Crippen molar-refractivity contribution in [3.8, 4) is 33.6 Å². The molecule has 0 saturated heterocycles. The summed E-state index contributed by atoms with van der Waals surface area (Å²) >= 11 is 0. The van der Waals surface area contributed by atoms with Crippen LogP contribution < -0.4 is 5.32 Å². The second-order valence-electron chi connectivity index (χ2n) is 10.2. The number of hydrogen-bond acceptors (Lipinski definition) is 5. The fraction of sp³-hybridized carbons (Fsp3) is 0.194. The van der Waals surface area contributed by atoms with Crippen LogP contribution in [0.3, 0.4) is 0 Å². The number of aromatic amines is 1. The number of aryl methyl sites for hydroxylation is 1. The molecular weight excluding hydrogens is 486 g/mol. The number of fused-ring (bicyclic) bond motifs is 2. The number of nitrogens with one attached hydrogen (secondary N) is 2. The maximum atomic E-state index is 12.7. The molecule has 1 amide bonds. The van der Waals surface area contributed by atoms with Crippen molar-refractivity contribution in [3.05, 3.63) is 79.6 Å². The lowest BCUT2D eigenvalue weighted by molar-refractivity contribution is -0.119. The summed E-state index contributed by atoms with van der Waals surface area (Å²) < 4.78 is 1.90. The second-order valence-corrected chi connectivity index (χ2v) is 10.2. The summed E-state index contributed by atoms with van der Waals surface area (Å²) in [5, 5.41) is 10.0. The van der Waals surface area contributed by atoms with Crippen LogP contribution in [0.25, 0.3) is 55.4 Å². The monoisotopic (exact) mass is 513 g/mol. The van der Waals surface area contributed by atoms with Gasteiger partial charge in [-0.3, -0.25) is 24.4 Å². The van der Waals surface area contributed by atoms with Crippen molar-refractivity contribution in [1.29, 1.82) is 0 Å². The summed E-state index contributed by atoms with van der Waals surface area (Å²) in [7, 11) is 1.96. The van der Waals surface area contributed by atoms with Gasteiger partial charge in [-0.25, -0.2) is 0 Å². The maximum absolute atomic E-state index is 12.7. The Labute approximate surface area is 225 Å². The van der Waals surface area contributed by atoms with Gasteiger partial charge in [-0.05, 0) is 48.7 Å². The molecule has 8 nitrogen and oxygen atoms in total. The Bertz CT molecular complexity index is 1830. The lowest BCUT2D eigenvalue weighted by atomic mass is 10.0. The molecule has 5 aromatic heterocycles. The van der Waals surface area contributed by atoms with E-state index in [9.17, 15) is 4.79 Å². The summed E-state index contributed by atoms with van der Waals surface area (Å²) in [5.41, 5.74) is 8.46. The van der Waals surface area contributed by atoms with Gasteiger partial charge in [0.1, 0.15) is 5.69 Å². The van der Waals surface area contributed by atoms with E-state index in [-0.39, 0.29) is 11.8 Å². The Morgan fingerprint density at radius 1 is 0.897 bits per heavy atom. The third kappa shape index (κ3) is 4.24. The molecule has 5 heterocycles. The first-order chi connectivity index (χ1) is 19.1. The molecule has 2 N–H and O–H groups in total. The van der Waals surface area contributed by atoms with Gasteiger partial charge in [-0.1, -0.05) is 25.0 Å². The van der Waals surface area contributed by atoms with E-state index in [1.54, 1.807) is 12.4 Å². The number of nitrogens with zero attached hydrogens (tertiary/aromatic N) is 5. The molecule has 8 heteroatoms. The van der Waals surface area contributed by atoms with Gasteiger partial charge in [0, 0.05) is 65.2 Å². The highest BCUT2D eigenvalue weighted by Crippen LogP contribution is 2.35. The molecule has 7 rings (SSSR count). The fourth-order valence-electron chi connectivity index (χ4n) is 5.67. The number of rotatable bonds is 5. The van der Waals surface area contributed by atoms with E-state index in [0.717, 1.165) is 86.8 Å². The van der Waals surface area contributed by atoms with E-state index < -0.39 is 0 Å². The van der Waals surface area contributed by atoms with Gasteiger partial charge in [0.2, 0.25) is 5.91 Å². The number of pyridine rings is 3. The molecule has 192 valence electrons. The van der Waals surface area contributed by atoms with Crippen LogP contribution in [-0.2, 0) is 11.8 Å². The first kappa shape index (κ1) is 23.3. The van der Waals surface area contributed by atoms with E-state index in [4.69, 9.17) is 5.10 Å². The number of hydrogen-bond donors (Lipinski definition) is 2. The predicted molar refractivity (Wildman–Crippen MR) is 153 cm³/mol. The Kier molecular flexibility index (Phi) is 5.65. The summed E-state index contributed by atoms with van der Waals surface area (Å²) in [6.07, 6.45) is 15.1. The van der Waals surface area contributed by atoms with Crippen LogP contribution in [0.4, 0.5) is 5.69 Å². The number of amides is 1. The summed E-state index contributed by atoms with van der Waals surface area (Å²) in [6, 6.07) is 14.4. The molecule has 0 aliphatic heterocycles. The van der Waals surface area contributed by atoms with Crippen molar-refractivity contribution in [2.45, 2.75) is 25.7 Å². The number of H-pyrrole nitrogens is 1. The summed E-state index contributed by atoms with van der Waals surface area (Å²) in [5.74, 6) is 0.198. The number of carbonyl (C=O) groups is 1. The van der Waals surface area contributed by atoms with E-state index in [0.29, 0.717) is 0 Å². The van der Waals surface area contributed by atoms with Gasteiger partial charge >= 0.3 is 0 Å². The molecule has 1 fully saturated rings. The molecule has 1 aliphatic rings. The van der Waals surface area contributed by atoms with Crippen LogP contribution in [-0.4, -0.2) is 35.6 Å². The van der Waals surface area contributed by atoms with Crippen molar-refractivity contribution in [2.75, 3.05) is 5.32 Å². The van der Waals surface area contributed by atoms with Gasteiger partial charge in [-0.2, -0.15) is 5.10 Å². The average Bonchev–Trinajstić information content (AvgIpc) is 3.73. The largest absolute Gasteiger partial charge is 0.352 e. The molecule has 0 atom stereocenters. The van der Waals surface area contributed by atoms with Gasteiger partial charge in [0.05, 0.1) is 34.8 Å². The summed E-state index contributed by atoms with van der Waals surface area (Å²) in [6.45, 7) is 0. The molecule has 39 heavy (non-hydrogen) atoms. The van der Waals surface area contributed by atoms with Gasteiger partial charge in [0.15, 0.2) is 0 Å². The van der Waals surface area contributed by atoms with Crippen molar-refractivity contribution in [1.82, 2.24) is 29.7 Å². The van der Waals surface area contributed by atoms with Crippen molar-refractivity contribution < 1.29 is 4.79 Å². The van der Waals surface area contributed by atoms with Gasteiger partial charge < -0.3 is 10.3 Å². The third-order valence-corrected chi connectivity index (χ3v) is 7.69. The van der Waals surface area contributed by atoms with Gasteiger partial charge in [-0.15, -0.1) is 0 Å². The minimum Gasteiger partial charge on any atom is -0.352 e. The van der Waals surface area contributed by atoms with E-state index in [2.05, 4.69) is 49.5 Å². The lowest BCUT2D eigenvalue weighted by Crippen LogP contribution is -2.20. The van der Waals surface area contributed by atoms with E-state index in [1.165, 1.54) is 0 Å². The highest BCUT2D eigenvalue weighted by Gasteiger charge is 2.23. The number of carbonyl (C=O) groups excluding carboxylic acids is 1. The number of aromatic nitrogens is 6. The van der Waals surface area contributed by atoms with Crippen LogP contribution >= 0.6 is 0 Å². The normalized spacial score (nSPS) is 13.9. The van der Waals surface area contributed by atoms with Crippen LogP contribution in [0.5, 0.6) is 0 Å². The SMILES string of the molecule is Cn1nc(-c2cc3c(-c4cccnc4)cncc3[nH]2)c2cc(-c3cncc(NC(=O)C4CCCC4)c3)ccc21. The third-order valence-electron chi connectivity index (χ3n) is 7.69. The Balaban J connectivity index is 1.27. The zero-order valence-electron chi connectivity index (χ0n) is 21.6. The lowest BCUT2D eigenvalue weighted by Gasteiger charge is -2.11. The van der Waals surface area contributed by atoms with Crippen LogP contribution in [0, 0.1) is 5.92 Å². The maximum Gasteiger partial charge on any atom is 0.227 e. The van der Waals surface area contributed by atoms with Crippen LogP contribution in [0.15, 0.2) is 79.6 Å². The molecule has 0 bridgehead atoms. The quantitative estimate of drug-likeness (QED) is 0.279. The number of anilines is 1. The molecule has 1 saturated carbocycles. The Morgan fingerprint density at radius 2 is 1.74 bits per heavy atom. The fourth-order valence-corrected chi connectivity index (χ4v) is 5.67. The molecule has 6 aromatic rings. The van der Waals surface area contributed by atoms with Crippen molar-refractivity contribution in [3.63, 3.8) is 0 Å². The highest BCUT2D eigenvalue weighted by atomic mass is 16.1. The highest BCUT2D eigenvalue weighted by molar-refractivity contribution is 6.01. The van der Waals surface area contributed by atoms with Crippen LogP contribution in [0.1, 0.15) is 25.7 Å². The molecule has 0 radical (unpaired) electrons. The second kappa shape index (κ2) is 9.47. The first-order valence-electron chi connectivity index (χ1n) is 13.2. The van der Waals surface area contributed by atoms with Crippen molar-refractivity contribution >= 4 is 33.4 Å². The standard InChI is InChI=1S/C31H27N7O/c1-38-29-9-8-20(22-11-23(16-33-15-22)35-31(39)19-5-2-3-6-19)12-25(29)30(37-38)27-13-24-26(17-34-18-28(24)36-27)21-7-4-10-32-14-21/h4,7-19,36H,2-3,5-6H2,1H3,(H,35,39). The van der Waals surface area contributed by atoms with E-state index >= 15 is 0 Å². The molecule has 0 unspecified atom stereocenters. The minimum atomic E-state index is 0.0930. The van der Waals surface area contributed by atoms with E-state index in [1.807, 2.05) is 54.7 Å². The minimum absolute atomic E-state index is 0.0930. The summed E-state index contributed by atoms with van der Waals surface area (Å²) in [4.78, 5) is 29.3. The predicted octanol–water partition coefficient (Wildman–Crippen LogP) is 6.37. The van der Waals surface area contributed by atoms with Crippen molar-refractivity contribution in [2.24, 2.45) is 13.0 Å². The molecule has 1 aromatic carbocycles. The van der Waals surface area contributed by atoms with Gasteiger partial charge in [0.25, 0.3) is 0 Å². The smallest absolute Gasteiger partial charge is 0.227 e. The zero-order valence-corrected chi connectivity index (χ0v) is 21.6. The molecular formula is C31H27N7O. The molecule has 1 aliphatic carbocycles. The topological polar surface area (TPSA) is 101 Å². The zero-order chi connectivity index (χ0) is 26.3. The average molecular weight is 514 g/mol. The molecule has 0 spiro atoms. The number of benzene rings is 1. The first-order valence-corrected chi connectivity index (χ1v) is 13.2. The Hall–Kier alpha value is -4.85. The Morgan fingerprint density at radius 3 is 2.59 bits per heavy atom. The van der Waals surface area contributed by atoms with Crippen LogP contribution in [0.2, 0.25) is 0 Å².